The number of imidazole rings is 1. The van der Waals surface area contributed by atoms with E-state index in [1.807, 2.05) is 6.07 Å². The number of para-hydroxylation sites is 1. The number of pyridine rings is 1. The van der Waals surface area contributed by atoms with Crippen LogP contribution < -0.4 is 4.74 Å². The van der Waals surface area contributed by atoms with Crippen LogP contribution in [0.3, 0.4) is 0 Å². The Morgan fingerprint density at radius 1 is 1.16 bits per heavy atom. The zero-order valence-electron chi connectivity index (χ0n) is 12.7. The standard InChI is InChI=1S/C17H11F3N4O/c18-17(19,20)25-15-4-2-1-3-12(15)8-16-23-10-14(24-16)13-7-11(9-21)5-6-22-13/h1-7,10H,8H2,(H,23,24). The molecule has 0 aliphatic rings. The Hall–Kier alpha value is -3.34. The van der Waals surface area contributed by atoms with Crippen LogP contribution in [0.2, 0.25) is 0 Å². The van der Waals surface area contributed by atoms with Crippen molar-refractivity contribution in [2.75, 3.05) is 0 Å². The third-order valence-electron chi connectivity index (χ3n) is 3.35. The lowest BCUT2D eigenvalue weighted by Crippen LogP contribution is -2.18. The quantitative estimate of drug-likeness (QED) is 0.780. The highest BCUT2D eigenvalue weighted by Gasteiger charge is 2.32. The second kappa shape index (κ2) is 6.65. The fourth-order valence-corrected chi connectivity index (χ4v) is 2.28. The number of alkyl halides is 3. The molecule has 0 aliphatic heterocycles. The largest absolute Gasteiger partial charge is 0.573 e. The van der Waals surface area contributed by atoms with Gasteiger partial charge in [0.2, 0.25) is 0 Å². The highest BCUT2D eigenvalue weighted by molar-refractivity contribution is 5.55. The Kier molecular flexibility index (Phi) is 4.39. The van der Waals surface area contributed by atoms with Gasteiger partial charge >= 0.3 is 6.36 Å². The van der Waals surface area contributed by atoms with Gasteiger partial charge in [-0.3, -0.25) is 4.98 Å². The molecular formula is C17H11F3N4O. The van der Waals surface area contributed by atoms with E-state index in [9.17, 15) is 13.2 Å². The number of nitriles is 1. The fraction of sp³-hybridized carbons (Fsp3) is 0.118. The zero-order chi connectivity index (χ0) is 17.9. The van der Waals surface area contributed by atoms with Crippen LogP contribution in [0.4, 0.5) is 13.2 Å². The summed E-state index contributed by atoms with van der Waals surface area (Å²) in [5, 5.41) is 8.92. The molecule has 2 heterocycles. The number of nitrogens with zero attached hydrogens (tertiary/aromatic N) is 3. The van der Waals surface area contributed by atoms with Crippen molar-refractivity contribution in [2.45, 2.75) is 12.8 Å². The smallest absolute Gasteiger partial charge is 0.405 e. The van der Waals surface area contributed by atoms with Gasteiger partial charge < -0.3 is 9.72 Å². The number of halogens is 3. The molecule has 0 amide bonds. The van der Waals surface area contributed by atoms with Gasteiger partial charge in [-0.25, -0.2) is 4.98 Å². The summed E-state index contributed by atoms with van der Waals surface area (Å²) in [4.78, 5) is 11.3. The molecule has 5 nitrogen and oxygen atoms in total. The lowest BCUT2D eigenvalue weighted by Gasteiger charge is -2.12. The number of hydrogen-bond donors (Lipinski definition) is 1. The average Bonchev–Trinajstić information content (AvgIpc) is 3.04. The zero-order valence-corrected chi connectivity index (χ0v) is 12.7. The Morgan fingerprint density at radius 2 is 1.96 bits per heavy atom. The topological polar surface area (TPSA) is 74.6 Å². The van der Waals surface area contributed by atoms with E-state index < -0.39 is 6.36 Å². The van der Waals surface area contributed by atoms with Crippen molar-refractivity contribution in [3.8, 4) is 23.2 Å². The van der Waals surface area contributed by atoms with Crippen molar-refractivity contribution in [2.24, 2.45) is 0 Å². The number of aromatic amines is 1. The summed E-state index contributed by atoms with van der Waals surface area (Å²) in [6, 6.07) is 11.1. The fourth-order valence-electron chi connectivity index (χ4n) is 2.28. The molecule has 126 valence electrons. The SMILES string of the molecule is N#Cc1ccnc(-c2cnc(Cc3ccccc3OC(F)(F)F)[nH]2)c1. The van der Waals surface area contributed by atoms with Crippen molar-refractivity contribution < 1.29 is 17.9 Å². The van der Waals surface area contributed by atoms with Gasteiger partial charge in [0.15, 0.2) is 0 Å². The van der Waals surface area contributed by atoms with Crippen LogP contribution in [0.1, 0.15) is 17.0 Å². The monoisotopic (exact) mass is 344 g/mol. The minimum Gasteiger partial charge on any atom is -0.405 e. The number of hydrogen-bond acceptors (Lipinski definition) is 4. The molecule has 0 unspecified atom stereocenters. The lowest BCUT2D eigenvalue weighted by atomic mass is 10.1. The third-order valence-corrected chi connectivity index (χ3v) is 3.35. The van der Waals surface area contributed by atoms with Crippen LogP contribution in [-0.2, 0) is 6.42 Å². The van der Waals surface area contributed by atoms with Crippen molar-refractivity contribution in [1.82, 2.24) is 15.0 Å². The third kappa shape index (κ3) is 4.14. The predicted octanol–water partition coefficient (Wildman–Crippen LogP) is 3.83. The van der Waals surface area contributed by atoms with Crippen LogP contribution in [0.15, 0.2) is 48.8 Å². The molecule has 1 aromatic carbocycles. The van der Waals surface area contributed by atoms with E-state index >= 15 is 0 Å². The normalized spacial score (nSPS) is 11.1. The summed E-state index contributed by atoms with van der Waals surface area (Å²) in [5.74, 6) is 0.190. The van der Waals surface area contributed by atoms with E-state index in [1.54, 1.807) is 18.2 Å². The number of ether oxygens (including phenoxy) is 1. The first-order valence-electron chi connectivity index (χ1n) is 7.18. The average molecular weight is 344 g/mol. The summed E-state index contributed by atoms with van der Waals surface area (Å²) in [7, 11) is 0. The van der Waals surface area contributed by atoms with Crippen LogP contribution in [-0.4, -0.2) is 21.3 Å². The molecule has 0 aliphatic carbocycles. The van der Waals surface area contributed by atoms with Crippen molar-refractivity contribution in [3.05, 3.63) is 65.7 Å². The molecule has 0 fully saturated rings. The second-order valence-electron chi connectivity index (χ2n) is 5.12. The molecule has 25 heavy (non-hydrogen) atoms. The van der Waals surface area contributed by atoms with Crippen molar-refractivity contribution in [3.63, 3.8) is 0 Å². The molecule has 0 spiro atoms. The number of nitrogens with one attached hydrogen (secondary N) is 1. The molecule has 0 saturated heterocycles. The Labute approximate surface area is 140 Å². The van der Waals surface area contributed by atoms with Gasteiger partial charge in [-0.1, -0.05) is 18.2 Å². The molecule has 2 aromatic heterocycles. The van der Waals surface area contributed by atoms with Gasteiger partial charge in [0.05, 0.1) is 29.2 Å². The number of H-pyrrole nitrogens is 1. The highest BCUT2D eigenvalue weighted by Crippen LogP contribution is 2.27. The summed E-state index contributed by atoms with van der Waals surface area (Å²) < 4.78 is 41.5. The van der Waals surface area contributed by atoms with E-state index in [1.165, 1.54) is 30.6 Å². The van der Waals surface area contributed by atoms with Crippen molar-refractivity contribution >= 4 is 0 Å². The number of benzene rings is 1. The molecule has 1 N–H and O–H groups in total. The van der Waals surface area contributed by atoms with Gasteiger partial charge in [-0.2, -0.15) is 5.26 Å². The Balaban J connectivity index is 1.84. The maximum Gasteiger partial charge on any atom is 0.573 e. The summed E-state index contributed by atoms with van der Waals surface area (Å²) in [6.45, 7) is 0. The van der Waals surface area contributed by atoms with E-state index in [0.717, 1.165) is 0 Å². The Morgan fingerprint density at radius 3 is 2.72 bits per heavy atom. The van der Waals surface area contributed by atoms with E-state index in [4.69, 9.17) is 5.26 Å². The molecule has 3 aromatic rings. The maximum atomic E-state index is 12.5. The Bertz CT molecular complexity index is 928. The molecule has 0 atom stereocenters. The van der Waals surface area contributed by atoms with E-state index in [0.29, 0.717) is 28.3 Å². The lowest BCUT2D eigenvalue weighted by molar-refractivity contribution is -0.274. The van der Waals surface area contributed by atoms with Gasteiger partial charge in [0.25, 0.3) is 0 Å². The van der Waals surface area contributed by atoms with Crippen LogP contribution in [0.25, 0.3) is 11.4 Å². The van der Waals surface area contributed by atoms with E-state index in [-0.39, 0.29) is 12.2 Å². The minimum atomic E-state index is -4.76. The van der Waals surface area contributed by atoms with Gasteiger partial charge in [-0.15, -0.1) is 13.2 Å². The maximum absolute atomic E-state index is 12.5. The summed E-state index contributed by atoms with van der Waals surface area (Å²) in [5.41, 5.74) is 1.89. The molecule has 8 heteroatoms. The van der Waals surface area contributed by atoms with Crippen molar-refractivity contribution in [1.29, 1.82) is 5.26 Å². The first-order chi connectivity index (χ1) is 11.9. The first-order valence-corrected chi connectivity index (χ1v) is 7.18. The molecule has 3 rings (SSSR count). The second-order valence-corrected chi connectivity index (χ2v) is 5.12. The number of rotatable bonds is 4. The molecule has 0 saturated carbocycles. The minimum absolute atomic E-state index is 0.129. The summed E-state index contributed by atoms with van der Waals surface area (Å²) in [6.07, 6.45) is -1.61. The van der Waals surface area contributed by atoms with Gasteiger partial charge in [0, 0.05) is 18.2 Å². The van der Waals surface area contributed by atoms with Crippen LogP contribution in [0.5, 0.6) is 5.75 Å². The van der Waals surface area contributed by atoms with Gasteiger partial charge in [0.1, 0.15) is 11.6 Å². The first kappa shape index (κ1) is 16.5. The van der Waals surface area contributed by atoms with Gasteiger partial charge in [-0.05, 0) is 18.2 Å². The van der Waals surface area contributed by atoms with Crippen LogP contribution >= 0.6 is 0 Å². The molecule has 0 radical (unpaired) electrons. The predicted molar refractivity (Wildman–Crippen MR) is 82.5 cm³/mol. The van der Waals surface area contributed by atoms with E-state index in [2.05, 4.69) is 19.7 Å². The summed E-state index contributed by atoms with van der Waals surface area (Å²) >= 11 is 0. The molecular weight excluding hydrogens is 333 g/mol. The van der Waals surface area contributed by atoms with Crippen LogP contribution in [0, 0.1) is 11.3 Å². The number of aromatic nitrogens is 3. The molecule has 0 bridgehead atoms. The highest BCUT2D eigenvalue weighted by atomic mass is 19.4.